The number of hydrogen-bond acceptors (Lipinski definition) is 8. The predicted molar refractivity (Wildman–Crippen MR) is 131 cm³/mol. The average Bonchev–Trinajstić information content (AvgIpc) is 3.39. The van der Waals surface area contributed by atoms with Crippen LogP contribution in [0.1, 0.15) is 30.9 Å². The van der Waals surface area contributed by atoms with E-state index in [1.165, 1.54) is 4.68 Å². The van der Waals surface area contributed by atoms with Gasteiger partial charge in [-0.2, -0.15) is 0 Å². The highest BCUT2D eigenvalue weighted by atomic mass is 32.2. The van der Waals surface area contributed by atoms with Gasteiger partial charge in [0.2, 0.25) is 11.8 Å². The molecule has 11 heteroatoms. The van der Waals surface area contributed by atoms with Gasteiger partial charge < -0.3 is 10.2 Å². The van der Waals surface area contributed by atoms with Crippen LogP contribution in [0.4, 0.5) is 0 Å². The zero-order valence-corrected chi connectivity index (χ0v) is 20.6. The largest absolute Gasteiger partial charge is 0.340 e. The molecule has 2 unspecified atom stereocenters. The Morgan fingerprint density at radius 2 is 1.74 bits per heavy atom. The van der Waals surface area contributed by atoms with Crippen LogP contribution in [0.15, 0.2) is 55.0 Å². The minimum atomic E-state index is -0.468. The van der Waals surface area contributed by atoms with E-state index in [4.69, 9.17) is 0 Å². The van der Waals surface area contributed by atoms with E-state index < -0.39 is 6.04 Å². The van der Waals surface area contributed by atoms with Gasteiger partial charge in [0.25, 0.3) is 0 Å². The third-order valence-electron chi connectivity index (χ3n) is 5.95. The summed E-state index contributed by atoms with van der Waals surface area (Å²) in [5, 5.41) is 11.3. The topological polar surface area (TPSA) is 109 Å². The molecule has 2 saturated heterocycles. The van der Waals surface area contributed by atoms with Crippen LogP contribution in [-0.4, -0.2) is 69.3 Å². The lowest BCUT2D eigenvalue weighted by molar-refractivity contribution is -0.148. The van der Waals surface area contributed by atoms with E-state index in [0.717, 1.165) is 17.1 Å². The van der Waals surface area contributed by atoms with Crippen molar-refractivity contribution >= 4 is 23.6 Å². The molecule has 10 nitrogen and oxygen atoms in total. The Kier molecular flexibility index (Phi) is 6.52. The van der Waals surface area contributed by atoms with Gasteiger partial charge in [0, 0.05) is 43.3 Å². The molecule has 2 amide bonds. The van der Waals surface area contributed by atoms with Gasteiger partial charge in [-0.3, -0.25) is 24.5 Å². The molecule has 0 saturated carbocycles. The quantitative estimate of drug-likeness (QED) is 0.447. The second-order valence-corrected chi connectivity index (χ2v) is 11.3. The van der Waals surface area contributed by atoms with Crippen molar-refractivity contribution in [2.24, 2.45) is 0 Å². The van der Waals surface area contributed by atoms with Gasteiger partial charge in [-0.15, -0.1) is 16.9 Å². The third kappa shape index (κ3) is 5.51. The summed E-state index contributed by atoms with van der Waals surface area (Å²) in [5.74, 6) is -0.260. The van der Waals surface area contributed by atoms with Gasteiger partial charge in [0.15, 0.2) is 0 Å². The van der Waals surface area contributed by atoms with Crippen molar-refractivity contribution in [2.45, 2.75) is 56.2 Å². The monoisotopic (exact) mass is 492 g/mol. The van der Waals surface area contributed by atoms with Crippen LogP contribution in [-0.2, 0) is 35.8 Å². The normalized spacial score (nSPS) is 20.5. The first kappa shape index (κ1) is 23.4. The molecule has 2 fully saturated rings. The Labute approximate surface area is 208 Å². The number of amides is 2. The number of carbonyl (C=O) groups excluding carboxylic acids is 2. The highest BCUT2D eigenvalue weighted by Gasteiger charge is 2.56. The molecule has 1 N–H and O–H groups in total. The van der Waals surface area contributed by atoms with Crippen LogP contribution in [0.25, 0.3) is 0 Å². The van der Waals surface area contributed by atoms with Crippen molar-refractivity contribution in [1.82, 2.24) is 40.1 Å². The van der Waals surface area contributed by atoms with Gasteiger partial charge >= 0.3 is 0 Å². The SMILES string of the molecule is CC1(C)CN2C(=O)C(NC(=O)Cn3cc(CN(Cc4ccccn4)Cc4ccccn4)nn3)C2S1. The van der Waals surface area contributed by atoms with Gasteiger partial charge in [0.05, 0.1) is 23.3 Å². The molecule has 0 radical (unpaired) electrons. The summed E-state index contributed by atoms with van der Waals surface area (Å²) in [6.45, 7) is 6.74. The van der Waals surface area contributed by atoms with Crippen LogP contribution < -0.4 is 5.32 Å². The molecule has 3 aromatic heterocycles. The number of thioether (sulfide) groups is 1. The third-order valence-corrected chi connectivity index (χ3v) is 7.48. The number of nitrogens with one attached hydrogen (secondary N) is 1. The lowest BCUT2D eigenvalue weighted by atomic mass is 10.1. The number of β-lactam (4-membered cyclic amide) rings is 1. The smallest absolute Gasteiger partial charge is 0.249 e. The van der Waals surface area contributed by atoms with E-state index in [1.807, 2.05) is 41.3 Å². The van der Waals surface area contributed by atoms with E-state index in [0.29, 0.717) is 26.2 Å². The summed E-state index contributed by atoms with van der Waals surface area (Å²) < 4.78 is 1.52. The van der Waals surface area contributed by atoms with E-state index in [2.05, 4.69) is 44.3 Å². The maximum atomic E-state index is 12.6. The Hall–Kier alpha value is -3.31. The number of nitrogens with zero attached hydrogens (tertiary/aromatic N) is 7. The first-order chi connectivity index (χ1) is 16.9. The van der Waals surface area contributed by atoms with Gasteiger partial charge in [-0.05, 0) is 38.1 Å². The standard InChI is InChI=1S/C24H28N8O2S/c1-24(2)16-32-22(34)21(23(32)35-24)27-20(33)15-31-14-19(28-29-31)13-30(11-17-7-3-5-9-25-17)12-18-8-4-6-10-26-18/h3-10,14,21,23H,11-13,15-16H2,1-2H3,(H,27,33). The number of fused-ring (bicyclic) bond motifs is 1. The Morgan fingerprint density at radius 3 is 2.37 bits per heavy atom. The lowest BCUT2D eigenvalue weighted by Gasteiger charge is -2.41. The van der Waals surface area contributed by atoms with Crippen molar-refractivity contribution in [3.8, 4) is 0 Å². The molecule has 0 spiro atoms. The molecule has 182 valence electrons. The maximum absolute atomic E-state index is 12.6. The average molecular weight is 493 g/mol. The fraction of sp³-hybridized carbons (Fsp3) is 0.417. The van der Waals surface area contributed by atoms with Crippen molar-refractivity contribution in [2.75, 3.05) is 6.54 Å². The molecule has 3 aromatic rings. The second kappa shape index (κ2) is 9.74. The number of aromatic nitrogens is 5. The molecule has 0 aliphatic carbocycles. The van der Waals surface area contributed by atoms with Gasteiger partial charge in [-0.25, -0.2) is 4.68 Å². The zero-order chi connectivity index (χ0) is 24.4. The molecular formula is C24H28N8O2S. The molecule has 5 rings (SSSR count). The minimum Gasteiger partial charge on any atom is -0.340 e. The number of hydrogen-bond donors (Lipinski definition) is 1. The van der Waals surface area contributed by atoms with Crippen LogP contribution in [0.2, 0.25) is 0 Å². The molecule has 2 atom stereocenters. The Morgan fingerprint density at radius 1 is 1.09 bits per heavy atom. The van der Waals surface area contributed by atoms with E-state index in [1.54, 1.807) is 30.4 Å². The first-order valence-electron chi connectivity index (χ1n) is 11.6. The Balaban J connectivity index is 1.19. The Bertz CT molecular complexity index is 1150. The minimum absolute atomic E-state index is 0.0109. The van der Waals surface area contributed by atoms with Crippen molar-refractivity contribution in [3.05, 3.63) is 72.1 Å². The zero-order valence-electron chi connectivity index (χ0n) is 19.7. The highest BCUT2D eigenvalue weighted by molar-refractivity contribution is 8.01. The van der Waals surface area contributed by atoms with Crippen LogP contribution >= 0.6 is 11.8 Å². The molecule has 5 heterocycles. The molecule has 0 bridgehead atoms. The summed E-state index contributed by atoms with van der Waals surface area (Å²) in [6.07, 6.45) is 5.33. The molecule has 0 aromatic carbocycles. The van der Waals surface area contributed by atoms with Crippen LogP contribution in [0, 0.1) is 0 Å². The van der Waals surface area contributed by atoms with Crippen molar-refractivity contribution in [3.63, 3.8) is 0 Å². The second-order valence-electron chi connectivity index (χ2n) is 9.47. The molecule has 2 aliphatic heterocycles. The van der Waals surface area contributed by atoms with Crippen molar-refractivity contribution in [1.29, 1.82) is 0 Å². The van der Waals surface area contributed by atoms with Crippen LogP contribution in [0.3, 0.4) is 0 Å². The highest BCUT2D eigenvalue weighted by Crippen LogP contribution is 2.46. The van der Waals surface area contributed by atoms with E-state index in [-0.39, 0.29) is 28.5 Å². The van der Waals surface area contributed by atoms with Crippen LogP contribution in [0.5, 0.6) is 0 Å². The lowest BCUT2D eigenvalue weighted by Crippen LogP contribution is -2.67. The molecular weight excluding hydrogens is 464 g/mol. The summed E-state index contributed by atoms with van der Waals surface area (Å²) in [6, 6.07) is 11.2. The van der Waals surface area contributed by atoms with Gasteiger partial charge in [-0.1, -0.05) is 17.3 Å². The summed E-state index contributed by atoms with van der Waals surface area (Å²) >= 11 is 1.73. The van der Waals surface area contributed by atoms with Gasteiger partial charge in [0.1, 0.15) is 18.0 Å². The molecule has 2 aliphatic rings. The first-order valence-corrected chi connectivity index (χ1v) is 12.4. The summed E-state index contributed by atoms with van der Waals surface area (Å²) in [7, 11) is 0. The van der Waals surface area contributed by atoms with E-state index >= 15 is 0 Å². The fourth-order valence-corrected chi connectivity index (χ4v) is 5.92. The number of carbonyl (C=O) groups is 2. The number of rotatable bonds is 9. The number of pyridine rings is 2. The molecule has 35 heavy (non-hydrogen) atoms. The summed E-state index contributed by atoms with van der Waals surface area (Å²) in [4.78, 5) is 37.9. The predicted octanol–water partition coefficient (Wildman–Crippen LogP) is 1.45. The van der Waals surface area contributed by atoms with Crippen molar-refractivity contribution < 1.29 is 9.59 Å². The maximum Gasteiger partial charge on any atom is 0.249 e. The fourth-order valence-electron chi connectivity index (χ4n) is 4.42. The summed E-state index contributed by atoms with van der Waals surface area (Å²) in [5.41, 5.74) is 2.63. The van der Waals surface area contributed by atoms with E-state index in [9.17, 15) is 9.59 Å².